The van der Waals surface area contributed by atoms with Crippen LogP contribution < -0.4 is 15.0 Å². The SMILES string of the molecule is C=CCOc1ccc(/C=C2/NC(=O)N(c3ccc(Cl)cc3)C2=O)cc1I. The van der Waals surface area contributed by atoms with Gasteiger partial charge in [0.15, 0.2) is 0 Å². The highest BCUT2D eigenvalue weighted by molar-refractivity contribution is 14.1. The van der Waals surface area contributed by atoms with E-state index < -0.39 is 11.9 Å². The average molecular weight is 481 g/mol. The fraction of sp³-hybridized carbons (Fsp3) is 0.0526. The summed E-state index contributed by atoms with van der Waals surface area (Å²) in [6.45, 7) is 4.03. The average Bonchev–Trinajstić information content (AvgIpc) is 2.89. The lowest BCUT2D eigenvalue weighted by Gasteiger charge is -2.11. The second-order valence-electron chi connectivity index (χ2n) is 5.39. The summed E-state index contributed by atoms with van der Waals surface area (Å²) in [6, 6.07) is 11.5. The summed E-state index contributed by atoms with van der Waals surface area (Å²) in [5, 5.41) is 3.13. The highest BCUT2D eigenvalue weighted by atomic mass is 127. The van der Waals surface area contributed by atoms with Gasteiger partial charge in [-0.15, -0.1) is 0 Å². The van der Waals surface area contributed by atoms with Crippen molar-refractivity contribution >= 4 is 57.9 Å². The molecule has 1 N–H and O–H groups in total. The molecule has 1 saturated heterocycles. The molecular weight excluding hydrogens is 467 g/mol. The Bertz CT molecular complexity index is 910. The van der Waals surface area contributed by atoms with Crippen molar-refractivity contribution in [1.29, 1.82) is 0 Å². The van der Waals surface area contributed by atoms with Crippen molar-refractivity contribution in [2.75, 3.05) is 11.5 Å². The third-order valence-electron chi connectivity index (χ3n) is 3.59. The third kappa shape index (κ3) is 3.91. The number of carbonyl (C=O) groups excluding carboxylic acids is 2. The molecule has 0 aliphatic carbocycles. The van der Waals surface area contributed by atoms with Crippen LogP contribution in [0.15, 0.2) is 60.8 Å². The molecule has 1 aliphatic rings. The quantitative estimate of drug-likeness (QED) is 0.294. The summed E-state index contributed by atoms with van der Waals surface area (Å²) in [5.74, 6) is 0.316. The molecule has 0 atom stereocenters. The predicted molar refractivity (Wildman–Crippen MR) is 110 cm³/mol. The van der Waals surface area contributed by atoms with Gasteiger partial charge in [0, 0.05) is 5.02 Å². The summed E-state index contributed by atoms with van der Waals surface area (Å²) in [5.41, 5.74) is 1.45. The first-order valence-electron chi connectivity index (χ1n) is 7.65. The molecule has 1 aliphatic heterocycles. The Kier molecular flexibility index (Phi) is 5.63. The fourth-order valence-corrected chi connectivity index (χ4v) is 3.22. The maximum atomic E-state index is 12.6. The Balaban J connectivity index is 1.84. The number of amides is 3. The predicted octanol–water partition coefficient (Wildman–Crippen LogP) is 4.61. The number of rotatable bonds is 5. The standard InChI is InChI=1S/C19H14ClIN2O3/c1-2-9-26-17-8-3-12(10-15(17)21)11-16-18(24)23(19(25)22-16)14-6-4-13(20)5-7-14/h2-8,10-11H,1,9H2,(H,22,25)/b16-11+. The number of imide groups is 1. The van der Waals surface area contributed by atoms with E-state index in [2.05, 4.69) is 34.5 Å². The molecule has 0 saturated carbocycles. The van der Waals surface area contributed by atoms with Crippen LogP contribution in [-0.4, -0.2) is 18.5 Å². The zero-order valence-electron chi connectivity index (χ0n) is 13.5. The van der Waals surface area contributed by atoms with E-state index in [1.807, 2.05) is 18.2 Å². The van der Waals surface area contributed by atoms with E-state index in [4.69, 9.17) is 16.3 Å². The van der Waals surface area contributed by atoms with Gasteiger partial charge in [-0.3, -0.25) is 4.79 Å². The van der Waals surface area contributed by atoms with Crippen LogP contribution in [0.4, 0.5) is 10.5 Å². The summed E-state index contributed by atoms with van der Waals surface area (Å²) in [7, 11) is 0. The molecule has 132 valence electrons. The molecule has 3 rings (SSSR count). The smallest absolute Gasteiger partial charge is 0.333 e. The maximum Gasteiger partial charge on any atom is 0.333 e. The Labute approximate surface area is 169 Å². The zero-order chi connectivity index (χ0) is 18.7. The number of nitrogens with zero attached hydrogens (tertiary/aromatic N) is 1. The van der Waals surface area contributed by atoms with Crippen LogP contribution in [0.25, 0.3) is 6.08 Å². The molecule has 3 amide bonds. The first-order valence-corrected chi connectivity index (χ1v) is 9.11. The third-order valence-corrected chi connectivity index (χ3v) is 4.68. The second-order valence-corrected chi connectivity index (χ2v) is 6.99. The van der Waals surface area contributed by atoms with E-state index in [-0.39, 0.29) is 5.70 Å². The lowest BCUT2D eigenvalue weighted by atomic mass is 10.2. The van der Waals surface area contributed by atoms with Crippen LogP contribution in [0.5, 0.6) is 5.75 Å². The van der Waals surface area contributed by atoms with E-state index in [0.717, 1.165) is 19.8 Å². The van der Waals surface area contributed by atoms with E-state index >= 15 is 0 Å². The van der Waals surface area contributed by atoms with Gasteiger partial charge < -0.3 is 10.1 Å². The number of halogens is 2. The Hall–Kier alpha value is -2.32. The van der Waals surface area contributed by atoms with E-state index in [0.29, 0.717) is 17.3 Å². The summed E-state index contributed by atoms with van der Waals surface area (Å²) >= 11 is 8.01. The largest absolute Gasteiger partial charge is 0.488 e. The molecule has 1 fully saturated rings. The van der Waals surface area contributed by atoms with Crippen LogP contribution in [0.1, 0.15) is 5.56 Å². The molecule has 26 heavy (non-hydrogen) atoms. The highest BCUT2D eigenvalue weighted by Gasteiger charge is 2.34. The number of ether oxygens (including phenoxy) is 1. The number of hydrogen-bond acceptors (Lipinski definition) is 3. The number of carbonyl (C=O) groups is 2. The van der Waals surface area contributed by atoms with Crippen molar-refractivity contribution in [3.05, 3.63) is 75.0 Å². The van der Waals surface area contributed by atoms with E-state index in [1.165, 1.54) is 0 Å². The molecule has 0 spiro atoms. The second kappa shape index (κ2) is 7.92. The molecule has 7 heteroatoms. The van der Waals surface area contributed by atoms with Gasteiger partial charge in [0.25, 0.3) is 5.91 Å². The number of anilines is 1. The molecule has 1 heterocycles. The first kappa shape index (κ1) is 18.5. The molecule has 2 aromatic rings. The van der Waals surface area contributed by atoms with Crippen molar-refractivity contribution in [3.63, 3.8) is 0 Å². The molecule has 0 radical (unpaired) electrons. The van der Waals surface area contributed by atoms with Crippen molar-refractivity contribution in [2.45, 2.75) is 0 Å². The summed E-state index contributed by atoms with van der Waals surface area (Å²) in [4.78, 5) is 25.9. The van der Waals surface area contributed by atoms with Crippen molar-refractivity contribution in [1.82, 2.24) is 5.32 Å². The fourth-order valence-electron chi connectivity index (χ4n) is 2.40. The van der Waals surface area contributed by atoms with Gasteiger partial charge in [0.2, 0.25) is 0 Å². The normalized spacial score (nSPS) is 15.3. The monoisotopic (exact) mass is 480 g/mol. The highest BCUT2D eigenvalue weighted by Crippen LogP contribution is 2.26. The van der Waals surface area contributed by atoms with Crippen molar-refractivity contribution in [2.24, 2.45) is 0 Å². The topological polar surface area (TPSA) is 58.6 Å². The Morgan fingerprint density at radius 2 is 1.92 bits per heavy atom. The van der Waals surface area contributed by atoms with E-state index in [9.17, 15) is 9.59 Å². The van der Waals surface area contributed by atoms with Crippen molar-refractivity contribution < 1.29 is 14.3 Å². The molecular formula is C19H14ClIN2O3. The summed E-state index contributed by atoms with van der Waals surface area (Å²) in [6.07, 6.45) is 3.31. The van der Waals surface area contributed by atoms with Crippen LogP contribution in [0.2, 0.25) is 5.02 Å². The maximum absolute atomic E-state index is 12.6. The van der Waals surface area contributed by atoms with Gasteiger partial charge in [0.1, 0.15) is 18.1 Å². The summed E-state index contributed by atoms with van der Waals surface area (Å²) < 4.78 is 6.43. The molecule has 5 nitrogen and oxygen atoms in total. The number of urea groups is 1. The van der Waals surface area contributed by atoms with E-state index in [1.54, 1.807) is 36.4 Å². The van der Waals surface area contributed by atoms with Gasteiger partial charge in [-0.1, -0.05) is 30.3 Å². The van der Waals surface area contributed by atoms with Crippen LogP contribution in [0.3, 0.4) is 0 Å². The van der Waals surface area contributed by atoms with Gasteiger partial charge in [-0.05, 0) is 70.6 Å². The van der Waals surface area contributed by atoms with Gasteiger partial charge in [0.05, 0.1) is 9.26 Å². The van der Waals surface area contributed by atoms with Crippen molar-refractivity contribution in [3.8, 4) is 5.75 Å². The molecule has 2 aromatic carbocycles. The number of nitrogens with one attached hydrogen (secondary N) is 1. The minimum Gasteiger partial charge on any atom is -0.488 e. The van der Waals surface area contributed by atoms with Gasteiger partial charge in [-0.25, -0.2) is 9.69 Å². The van der Waals surface area contributed by atoms with Crippen LogP contribution in [0, 0.1) is 3.57 Å². The lowest BCUT2D eigenvalue weighted by Crippen LogP contribution is -2.30. The van der Waals surface area contributed by atoms with Gasteiger partial charge >= 0.3 is 6.03 Å². The van der Waals surface area contributed by atoms with Crippen LogP contribution in [-0.2, 0) is 4.79 Å². The Morgan fingerprint density at radius 1 is 1.19 bits per heavy atom. The minimum atomic E-state index is -0.496. The van der Waals surface area contributed by atoms with Crippen LogP contribution >= 0.6 is 34.2 Å². The number of hydrogen-bond donors (Lipinski definition) is 1. The lowest BCUT2D eigenvalue weighted by molar-refractivity contribution is -0.113. The molecule has 0 aromatic heterocycles. The molecule has 0 bridgehead atoms. The zero-order valence-corrected chi connectivity index (χ0v) is 16.5. The number of benzene rings is 2. The minimum absolute atomic E-state index is 0.209. The molecule has 0 unspecified atom stereocenters. The van der Waals surface area contributed by atoms with Gasteiger partial charge in [-0.2, -0.15) is 0 Å². The Morgan fingerprint density at radius 3 is 2.58 bits per heavy atom. The first-order chi connectivity index (χ1) is 12.5.